The van der Waals surface area contributed by atoms with Gasteiger partial charge in [0.15, 0.2) is 0 Å². The molecule has 0 atom stereocenters. The van der Waals surface area contributed by atoms with Gasteiger partial charge in [0.2, 0.25) is 0 Å². The summed E-state index contributed by atoms with van der Waals surface area (Å²) < 4.78 is 4.72. The minimum Gasteiger partial charge on any atom is -0.435 e. The summed E-state index contributed by atoms with van der Waals surface area (Å²) in [5.74, 6) is -0.247. The predicted molar refractivity (Wildman–Crippen MR) is 86.5 cm³/mol. The minimum absolute atomic E-state index is 0.247. The second-order valence-electron chi connectivity index (χ2n) is 5.29. The van der Waals surface area contributed by atoms with E-state index in [1.807, 2.05) is 6.08 Å². The standard InChI is InChI=1S/C18H32O2/c1-3-4-5-6-7-8-9-10-11-12-13-14-15-16-17-20-18(2)19/h8-9,16-17H,3-7,10-15H2,1-2H3/b9-8+,17-16+. The molecule has 0 radical (unpaired) electrons. The lowest BCUT2D eigenvalue weighted by Crippen LogP contribution is -1.89. The third kappa shape index (κ3) is 16.9. The normalized spacial score (nSPS) is 11.5. The van der Waals surface area contributed by atoms with E-state index in [-0.39, 0.29) is 5.97 Å². The number of esters is 1. The number of hydrogen-bond donors (Lipinski definition) is 0. The van der Waals surface area contributed by atoms with Crippen LogP contribution < -0.4 is 0 Å². The lowest BCUT2D eigenvalue weighted by Gasteiger charge is -1.97. The zero-order valence-corrected chi connectivity index (χ0v) is 13.4. The average Bonchev–Trinajstić information content (AvgIpc) is 2.43. The van der Waals surface area contributed by atoms with Crippen LogP contribution in [0.2, 0.25) is 0 Å². The highest BCUT2D eigenvalue weighted by Crippen LogP contribution is 2.08. The highest BCUT2D eigenvalue weighted by molar-refractivity contribution is 5.66. The van der Waals surface area contributed by atoms with Crippen molar-refractivity contribution in [1.82, 2.24) is 0 Å². The Bertz CT molecular complexity index is 267. The summed E-state index contributed by atoms with van der Waals surface area (Å²) in [6.07, 6.45) is 22.0. The van der Waals surface area contributed by atoms with Gasteiger partial charge in [0.1, 0.15) is 0 Å². The fourth-order valence-electron chi connectivity index (χ4n) is 2.01. The molecule has 0 saturated heterocycles. The Morgan fingerprint density at radius 3 is 1.80 bits per heavy atom. The van der Waals surface area contributed by atoms with Crippen molar-refractivity contribution in [2.24, 2.45) is 0 Å². The number of carbonyl (C=O) groups excluding carboxylic acids is 1. The van der Waals surface area contributed by atoms with Gasteiger partial charge < -0.3 is 4.74 Å². The molecule has 2 nitrogen and oxygen atoms in total. The maximum atomic E-state index is 10.5. The van der Waals surface area contributed by atoms with Crippen LogP contribution in [0.3, 0.4) is 0 Å². The van der Waals surface area contributed by atoms with Gasteiger partial charge in [-0.05, 0) is 44.6 Å². The first-order valence-electron chi connectivity index (χ1n) is 8.24. The molecule has 0 aromatic rings. The molecule has 0 saturated carbocycles. The molecule has 116 valence electrons. The van der Waals surface area contributed by atoms with Crippen molar-refractivity contribution in [3.05, 3.63) is 24.5 Å². The maximum Gasteiger partial charge on any atom is 0.307 e. The molecular formula is C18H32O2. The molecule has 0 aliphatic rings. The van der Waals surface area contributed by atoms with Crippen LogP contribution in [0.5, 0.6) is 0 Å². The molecule has 0 spiro atoms. The van der Waals surface area contributed by atoms with Crippen LogP contribution in [0, 0.1) is 0 Å². The van der Waals surface area contributed by atoms with Crippen LogP contribution in [0.15, 0.2) is 24.5 Å². The van der Waals surface area contributed by atoms with Crippen molar-refractivity contribution in [2.45, 2.75) is 84.5 Å². The van der Waals surface area contributed by atoms with Crippen LogP contribution >= 0.6 is 0 Å². The van der Waals surface area contributed by atoms with Crippen molar-refractivity contribution in [3.63, 3.8) is 0 Å². The highest BCUT2D eigenvalue weighted by Gasteiger charge is 1.89. The van der Waals surface area contributed by atoms with E-state index in [4.69, 9.17) is 4.74 Å². The molecule has 0 amide bonds. The number of unbranched alkanes of at least 4 members (excludes halogenated alkanes) is 9. The molecule has 0 unspecified atom stereocenters. The minimum atomic E-state index is -0.247. The van der Waals surface area contributed by atoms with Crippen molar-refractivity contribution in [1.29, 1.82) is 0 Å². The number of rotatable bonds is 13. The van der Waals surface area contributed by atoms with E-state index >= 15 is 0 Å². The summed E-state index contributed by atoms with van der Waals surface area (Å²) in [5.41, 5.74) is 0. The molecule has 20 heavy (non-hydrogen) atoms. The zero-order chi connectivity index (χ0) is 14.9. The highest BCUT2D eigenvalue weighted by atomic mass is 16.5. The first kappa shape index (κ1) is 18.9. The van der Waals surface area contributed by atoms with E-state index < -0.39 is 0 Å². The Morgan fingerprint density at radius 2 is 1.30 bits per heavy atom. The Kier molecular flexibility index (Phi) is 15.2. The quantitative estimate of drug-likeness (QED) is 0.181. The molecule has 0 N–H and O–H groups in total. The average molecular weight is 280 g/mol. The van der Waals surface area contributed by atoms with Gasteiger partial charge in [0, 0.05) is 6.92 Å². The lowest BCUT2D eigenvalue weighted by atomic mass is 10.1. The molecule has 0 aromatic heterocycles. The first-order valence-corrected chi connectivity index (χ1v) is 8.24. The molecular weight excluding hydrogens is 248 g/mol. The van der Waals surface area contributed by atoms with Crippen LogP contribution in [0.25, 0.3) is 0 Å². The molecule has 0 rings (SSSR count). The van der Waals surface area contributed by atoms with E-state index in [0.29, 0.717) is 0 Å². The third-order valence-corrected chi connectivity index (χ3v) is 3.21. The molecule has 2 heteroatoms. The van der Waals surface area contributed by atoms with Crippen molar-refractivity contribution < 1.29 is 9.53 Å². The van der Waals surface area contributed by atoms with Crippen LogP contribution in [0.1, 0.15) is 84.5 Å². The topological polar surface area (TPSA) is 26.3 Å². The molecule has 0 fully saturated rings. The maximum absolute atomic E-state index is 10.5. The smallest absolute Gasteiger partial charge is 0.307 e. The van der Waals surface area contributed by atoms with E-state index in [0.717, 1.165) is 6.42 Å². The van der Waals surface area contributed by atoms with Gasteiger partial charge in [-0.2, -0.15) is 0 Å². The van der Waals surface area contributed by atoms with Gasteiger partial charge in [-0.1, -0.05) is 51.2 Å². The molecule has 0 bridgehead atoms. The summed E-state index contributed by atoms with van der Waals surface area (Å²) in [5, 5.41) is 0. The Morgan fingerprint density at radius 1 is 0.800 bits per heavy atom. The number of ether oxygens (including phenoxy) is 1. The van der Waals surface area contributed by atoms with Crippen LogP contribution in [-0.4, -0.2) is 5.97 Å². The van der Waals surface area contributed by atoms with Gasteiger partial charge >= 0.3 is 5.97 Å². The summed E-state index contributed by atoms with van der Waals surface area (Å²) >= 11 is 0. The Balaban J connectivity index is 3.14. The first-order chi connectivity index (χ1) is 9.77. The van der Waals surface area contributed by atoms with E-state index in [9.17, 15) is 4.79 Å². The molecule has 0 aliphatic carbocycles. The Hall–Kier alpha value is -1.05. The van der Waals surface area contributed by atoms with E-state index in [2.05, 4.69) is 19.1 Å². The lowest BCUT2D eigenvalue weighted by molar-refractivity contribution is -0.135. The fraction of sp³-hybridized carbons (Fsp3) is 0.722. The largest absolute Gasteiger partial charge is 0.435 e. The van der Waals surface area contributed by atoms with Crippen molar-refractivity contribution in [3.8, 4) is 0 Å². The van der Waals surface area contributed by atoms with Gasteiger partial charge in [0.25, 0.3) is 0 Å². The van der Waals surface area contributed by atoms with E-state index in [1.165, 1.54) is 77.4 Å². The summed E-state index contributed by atoms with van der Waals surface area (Å²) in [6, 6.07) is 0. The van der Waals surface area contributed by atoms with Crippen LogP contribution in [0.4, 0.5) is 0 Å². The number of hydrogen-bond acceptors (Lipinski definition) is 2. The number of allylic oxidation sites excluding steroid dienone is 3. The number of carbonyl (C=O) groups is 1. The molecule has 0 aromatic carbocycles. The predicted octanol–water partition coefficient (Wildman–Crippen LogP) is 5.93. The molecule has 0 heterocycles. The van der Waals surface area contributed by atoms with Gasteiger partial charge in [-0.3, -0.25) is 4.79 Å². The molecule has 0 aliphatic heterocycles. The second kappa shape index (κ2) is 16.0. The van der Waals surface area contributed by atoms with Crippen LogP contribution in [-0.2, 0) is 9.53 Å². The fourth-order valence-corrected chi connectivity index (χ4v) is 2.01. The summed E-state index contributed by atoms with van der Waals surface area (Å²) in [4.78, 5) is 10.5. The Labute approximate surface area is 125 Å². The summed E-state index contributed by atoms with van der Waals surface area (Å²) in [7, 11) is 0. The third-order valence-electron chi connectivity index (χ3n) is 3.21. The van der Waals surface area contributed by atoms with E-state index in [1.54, 1.807) is 0 Å². The monoisotopic (exact) mass is 280 g/mol. The summed E-state index contributed by atoms with van der Waals surface area (Å²) in [6.45, 7) is 3.67. The van der Waals surface area contributed by atoms with Gasteiger partial charge in [0.05, 0.1) is 6.26 Å². The van der Waals surface area contributed by atoms with Crippen molar-refractivity contribution in [2.75, 3.05) is 0 Å². The SMILES string of the molecule is CCCCCC/C=C/CCCCCC/C=C/OC(C)=O. The zero-order valence-electron chi connectivity index (χ0n) is 13.4. The second-order valence-corrected chi connectivity index (χ2v) is 5.29. The van der Waals surface area contributed by atoms with Gasteiger partial charge in [-0.25, -0.2) is 0 Å². The van der Waals surface area contributed by atoms with Crippen molar-refractivity contribution >= 4 is 5.97 Å². The van der Waals surface area contributed by atoms with Gasteiger partial charge in [-0.15, -0.1) is 0 Å².